The van der Waals surface area contributed by atoms with Crippen LogP contribution in [-0.2, 0) is 28.9 Å². The molecule has 1 aromatic carbocycles. The predicted octanol–water partition coefficient (Wildman–Crippen LogP) is 6.03. The Labute approximate surface area is 229 Å². The van der Waals surface area contributed by atoms with E-state index in [1.807, 2.05) is 18.4 Å². The van der Waals surface area contributed by atoms with Crippen LogP contribution in [-0.4, -0.2) is 45.6 Å². The van der Waals surface area contributed by atoms with Gasteiger partial charge in [0.2, 0.25) is 5.91 Å². The molecular weight excluding hydrogens is 532 g/mol. The summed E-state index contributed by atoms with van der Waals surface area (Å²) in [6, 6.07) is 5.28. The van der Waals surface area contributed by atoms with Crippen molar-refractivity contribution in [3.05, 3.63) is 51.9 Å². The van der Waals surface area contributed by atoms with Crippen molar-refractivity contribution in [2.45, 2.75) is 57.3 Å². The van der Waals surface area contributed by atoms with Crippen molar-refractivity contribution in [2.24, 2.45) is 0 Å². The molecule has 1 aliphatic rings. The number of fused-ring (bicyclic) bond motifs is 1. The molecule has 0 bridgehead atoms. The van der Waals surface area contributed by atoms with Gasteiger partial charge >= 0.3 is 5.97 Å². The molecule has 8 nitrogen and oxygen atoms in total. The van der Waals surface area contributed by atoms with E-state index in [0.717, 1.165) is 36.1 Å². The molecule has 3 aromatic rings. The van der Waals surface area contributed by atoms with E-state index < -0.39 is 0 Å². The molecule has 0 radical (unpaired) electrons. The molecule has 196 valence electrons. The van der Waals surface area contributed by atoms with E-state index >= 15 is 0 Å². The van der Waals surface area contributed by atoms with E-state index in [-0.39, 0.29) is 23.7 Å². The zero-order valence-corrected chi connectivity index (χ0v) is 23.4. The largest absolute Gasteiger partial charge is 0.496 e. The fourth-order valence-corrected chi connectivity index (χ4v) is 6.39. The smallest absolute Gasteiger partial charge is 0.341 e. The second-order valence-electron chi connectivity index (χ2n) is 8.76. The number of esters is 1. The molecule has 0 unspecified atom stereocenters. The Morgan fingerprint density at radius 2 is 2.08 bits per heavy atom. The maximum Gasteiger partial charge on any atom is 0.341 e. The second-order valence-corrected chi connectivity index (χ2v) is 11.2. The molecule has 2 heterocycles. The van der Waals surface area contributed by atoms with Gasteiger partial charge in [-0.1, -0.05) is 29.4 Å². The molecule has 1 N–H and O–H groups in total. The number of hydrogen-bond donors (Lipinski definition) is 1. The van der Waals surface area contributed by atoms with E-state index in [1.54, 1.807) is 31.4 Å². The summed E-state index contributed by atoms with van der Waals surface area (Å²) in [6.45, 7) is 7.91. The van der Waals surface area contributed by atoms with Gasteiger partial charge in [-0.05, 0) is 63.3 Å². The molecule has 1 aliphatic carbocycles. The lowest BCUT2D eigenvalue weighted by Gasteiger charge is -2.14. The van der Waals surface area contributed by atoms with E-state index in [2.05, 4.69) is 22.1 Å². The van der Waals surface area contributed by atoms with Crippen LogP contribution in [0.4, 0.5) is 5.00 Å². The molecule has 11 heteroatoms. The number of nitrogens with one attached hydrogen (secondary N) is 1. The third-order valence-electron chi connectivity index (χ3n) is 5.73. The van der Waals surface area contributed by atoms with Crippen LogP contribution in [0.25, 0.3) is 11.4 Å². The minimum Gasteiger partial charge on any atom is -0.496 e. The number of allylic oxidation sites excluding steroid dienone is 1. The summed E-state index contributed by atoms with van der Waals surface area (Å²) in [4.78, 5) is 27.0. The normalized spacial score (nSPS) is 12.8. The maximum atomic E-state index is 13.0. The van der Waals surface area contributed by atoms with Crippen molar-refractivity contribution in [1.29, 1.82) is 0 Å². The highest BCUT2D eigenvalue weighted by molar-refractivity contribution is 7.99. The van der Waals surface area contributed by atoms with Gasteiger partial charge < -0.3 is 14.8 Å². The molecule has 4 rings (SSSR count). The fourth-order valence-electron chi connectivity index (χ4n) is 4.18. The molecule has 0 aliphatic heterocycles. The van der Waals surface area contributed by atoms with Crippen LogP contribution in [0.15, 0.2) is 36.0 Å². The van der Waals surface area contributed by atoms with Crippen molar-refractivity contribution in [2.75, 3.05) is 18.2 Å². The van der Waals surface area contributed by atoms with Gasteiger partial charge in [0.05, 0.1) is 30.1 Å². The molecule has 0 saturated carbocycles. The lowest BCUT2D eigenvalue weighted by atomic mass is 9.95. The Morgan fingerprint density at radius 3 is 2.81 bits per heavy atom. The van der Waals surface area contributed by atoms with Gasteiger partial charge in [-0.15, -0.1) is 28.1 Å². The number of nitrogens with zero attached hydrogens (tertiary/aromatic N) is 3. The molecule has 0 saturated heterocycles. The quantitative estimate of drug-likeness (QED) is 0.184. The summed E-state index contributed by atoms with van der Waals surface area (Å²) < 4.78 is 12.8. The molecule has 0 spiro atoms. The molecule has 37 heavy (non-hydrogen) atoms. The average Bonchev–Trinajstić information content (AvgIpc) is 3.43. The molecule has 2 aromatic heterocycles. The van der Waals surface area contributed by atoms with E-state index in [1.165, 1.54) is 23.1 Å². The van der Waals surface area contributed by atoms with Gasteiger partial charge in [-0.3, -0.25) is 9.36 Å². The highest BCUT2D eigenvalue weighted by Crippen LogP contribution is 2.39. The molecule has 0 atom stereocenters. The van der Waals surface area contributed by atoms with Gasteiger partial charge in [-0.2, -0.15) is 0 Å². The lowest BCUT2D eigenvalue weighted by Crippen LogP contribution is -2.19. The third kappa shape index (κ3) is 6.19. The lowest BCUT2D eigenvalue weighted by molar-refractivity contribution is -0.113. The van der Waals surface area contributed by atoms with Gasteiger partial charge in [0.1, 0.15) is 10.8 Å². The van der Waals surface area contributed by atoms with Crippen LogP contribution >= 0.6 is 34.7 Å². The Morgan fingerprint density at radius 1 is 1.30 bits per heavy atom. The summed E-state index contributed by atoms with van der Waals surface area (Å²) in [5, 5.41) is 13.2. The number of aromatic nitrogens is 3. The minimum absolute atomic E-state index is 0.0865. The van der Waals surface area contributed by atoms with Crippen LogP contribution in [0.5, 0.6) is 5.75 Å². The van der Waals surface area contributed by atoms with Gasteiger partial charge in [0, 0.05) is 16.4 Å². The molecular formula is C26H29ClN4O4S2. The first kappa shape index (κ1) is 27.2. The number of amides is 1. The average molecular weight is 561 g/mol. The Balaban J connectivity index is 1.54. The van der Waals surface area contributed by atoms with Crippen molar-refractivity contribution in [1.82, 2.24) is 14.8 Å². The zero-order valence-electron chi connectivity index (χ0n) is 21.0. The summed E-state index contributed by atoms with van der Waals surface area (Å²) in [5.74, 6) is 0.634. The first-order chi connectivity index (χ1) is 17.8. The first-order valence-corrected chi connectivity index (χ1v) is 14.2. The van der Waals surface area contributed by atoms with Crippen molar-refractivity contribution in [3.63, 3.8) is 0 Å². The number of halogens is 1. The SMILES string of the molecule is C=CCn1c(SCC(=O)Nc2sc3c(c2C(=O)OC(C)C)CCCC3)nnc1-c1cc(Cl)ccc1OC. The highest BCUT2D eigenvalue weighted by atomic mass is 35.5. The van der Waals surface area contributed by atoms with Crippen LogP contribution in [0.3, 0.4) is 0 Å². The summed E-state index contributed by atoms with van der Waals surface area (Å²) in [5.41, 5.74) is 2.20. The van der Waals surface area contributed by atoms with Crippen LogP contribution in [0.1, 0.15) is 47.5 Å². The number of ether oxygens (including phenoxy) is 2. The third-order valence-corrected chi connectivity index (χ3v) is 8.14. The van der Waals surface area contributed by atoms with Crippen molar-refractivity contribution >= 4 is 51.6 Å². The van der Waals surface area contributed by atoms with Gasteiger partial charge in [0.15, 0.2) is 11.0 Å². The zero-order chi connectivity index (χ0) is 26.5. The number of rotatable bonds is 10. The van der Waals surface area contributed by atoms with Crippen LogP contribution in [0, 0.1) is 0 Å². The number of aryl methyl sites for hydroxylation is 1. The van der Waals surface area contributed by atoms with Crippen molar-refractivity contribution in [3.8, 4) is 17.1 Å². The highest BCUT2D eigenvalue weighted by Gasteiger charge is 2.28. The number of carbonyl (C=O) groups is 2. The standard InChI is InChI=1S/C26H29ClN4O4S2/c1-5-12-31-23(18-13-16(27)10-11-19(18)34-4)29-30-26(31)36-14-21(32)28-24-22(25(33)35-15(2)3)17-8-6-7-9-20(17)37-24/h5,10-11,13,15H,1,6-9,12,14H2,2-4H3,(H,28,32). The second kappa shape index (κ2) is 12.1. The fraction of sp³-hybridized carbons (Fsp3) is 0.385. The summed E-state index contributed by atoms with van der Waals surface area (Å²) >= 11 is 8.94. The molecule has 0 fully saturated rings. The number of thiophene rings is 1. The first-order valence-electron chi connectivity index (χ1n) is 12.0. The Kier molecular flexibility index (Phi) is 8.94. The summed E-state index contributed by atoms with van der Waals surface area (Å²) in [6.07, 6.45) is 5.32. The number of thioether (sulfide) groups is 1. The predicted molar refractivity (Wildman–Crippen MR) is 148 cm³/mol. The topological polar surface area (TPSA) is 95.3 Å². The minimum atomic E-state index is -0.386. The monoisotopic (exact) mass is 560 g/mol. The molecule has 1 amide bonds. The summed E-state index contributed by atoms with van der Waals surface area (Å²) in [7, 11) is 1.58. The van der Waals surface area contributed by atoms with E-state index in [4.69, 9.17) is 21.1 Å². The van der Waals surface area contributed by atoms with Crippen LogP contribution < -0.4 is 10.1 Å². The number of hydrogen-bond acceptors (Lipinski definition) is 8. The number of methoxy groups -OCH3 is 1. The van der Waals surface area contributed by atoms with Gasteiger partial charge in [-0.25, -0.2) is 4.79 Å². The number of anilines is 1. The van der Waals surface area contributed by atoms with Gasteiger partial charge in [0.25, 0.3) is 0 Å². The van der Waals surface area contributed by atoms with E-state index in [0.29, 0.717) is 44.4 Å². The van der Waals surface area contributed by atoms with Crippen LogP contribution in [0.2, 0.25) is 5.02 Å². The number of benzene rings is 1. The number of carbonyl (C=O) groups excluding carboxylic acids is 2. The Bertz CT molecular complexity index is 1320. The maximum absolute atomic E-state index is 13.0. The van der Waals surface area contributed by atoms with E-state index in [9.17, 15) is 9.59 Å². The van der Waals surface area contributed by atoms with Crippen molar-refractivity contribution < 1.29 is 19.1 Å². The Hall–Kier alpha value is -2.82.